The smallest absolute Gasteiger partial charge is 0.227 e. The number of anilines is 2. The quantitative estimate of drug-likeness (QED) is 0.699. The molecule has 1 saturated carbocycles. The number of amides is 3. The Labute approximate surface area is 177 Å². The van der Waals surface area contributed by atoms with Gasteiger partial charge in [0.05, 0.1) is 5.92 Å². The highest BCUT2D eigenvalue weighted by molar-refractivity contribution is 9.10. The first-order chi connectivity index (χ1) is 14.0. The summed E-state index contributed by atoms with van der Waals surface area (Å²) in [7, 11) is 0. The SMILES string of the molecule is O=C(Nc1cccc(CNC(=O)[C@@H]2CC(=O)N(c3ccc(Br)cc3)C2)c1)C1CC1. The largest absolute Gasteiger partial charge is 0.352 e. The molecular formula is C22H22BrN3O3. The average Bonchev–Trinajstić information content (AvgIpc) is 3.49. The average molecular weight is 456 g/mol. The maximum Gasteiger partial charge on any atom is 0.227 e. The van der Waals surface area contributed by atoms with Crippen LogP contribution in [-0.4, -0.2) is 24.3 Å². The fourth-order valence-electron chi connectivity index (χ4n) is 3.44. The predicted molar refractivity (Wildman–Crippen MR) is 114 cm³/mol. The maximum absolute atomic E-state index is 12.6. The van der Waals surface area contributed by atoms with Gasteiger partial charge in [-0.2, -0.15) is 0 Å². The van der Waals surface area contributed by atoms with E-state index in [1.165, 1.54) is 0 Å². The molecule has 2 aromatic carbocycles. The van der Waals surface area contributed by atoms with E-state index < -0.39 is 0 Å². The molecule has 2 aliphatic rings. The summed E-state index contributed by atoms with van der Waals surface area (Å²) < 4.78 is 0.942. The van der Waals surface area contributed by atoms with Gasteiger partial charge in [-0.1, -0.05) is 28.1 Å². The van der Waals surface area contributed by atoms with E-state index in [9.17, 15) is 14.4 Å². The van der Waals surface area contributed by atoms with Gasteiger partial charge in [-0.15, -0.1) is 0 Å². The van der Waals surface area contributed by atoms with Crippen LogP contribution in [0, 0.1) is 11.8 Å². The first-order valence-electron chi connectivity index (χ1n) is 9.73. The van der Waals surface area contributed by atoms with Crippen molar-refractivity contribution >= 4 is 45.0 Å². The summed E-state index contributed by atoms with van der Waals surface area (Å²) in [4.78, 5) is 38.5. The van der Waals surface area contributed by atoms with Gasteiger partial charge in [0.2, 0.25) is 17.7 Å². The predicted octanol–water partition coefficient (Wildman–Crippen LogP) is 3.47. The molecule has 1 aliphatic heterocycles. The molecule has 4 rings (SSSR count). The van der Waals surface area contributed by atoms with E-state index in [1.807, 2.05) is 48.5 Å². The number of benzene rings is 2. The van der Waals surface area contributed by atoms with Crippen LogP contribution in [0.2, 0.25) is 0 Å². The molecule has 1 aliphatic carbocycles. The van der Waals surface area contributed by atoms with Crippen LogP contribution in [0.4, 0.5) is 11.4 Å². The third kappa shape index (κ3) is 4.85. The van der Waals surface area contributed by atoms with E-state index in [4.69, 9.17) is 0 Å². The molecule has 2 N–H and O–H groups in total. The van der Waals surface area contributed by atoms with Crippen molar-refractivity contribution in [1.82, 2.24) is 5.32 Å². The molecule has 3 amide bonds. The van der Waals surface area contributed by atoms with Crippen molar-refractivity contribution in [3.63, 3.8) is 0 Å². The van der Waals surface area contributed by atoms with Crippen molar-refractivity contribution in [3.8, 4) is 0 Å². The molecule has 150 valence electrons. The number of nitrogens with zero attached hydrogens (tertiary/aromatic N) is 1. The molecule has 2 aromatic rings. The first kappa shape index (κ1) is 19.6. The van der Waals surface area contributed by atoms with Gasteiger partial charge in [0.15, 0.2) is 0 Å². The van der Waals surface area contributed by atoms with E-state index in [1.54, 1.807) is 4.90 Å². The Morgan fingerprint density at radius 2 is 1.79 bits per heavy atom. The number of hydrogen-bond donors (Lipinski definition) is 2. The van der Waals surface area contributed by atoms with E-state index in [-0.39, 0.29) is 36.0 Å². The number of carbonyl (C=O) groups excluding carboxylic acids is 3. The molecule has 1 atom stereocenters. The Kier molecular flexibility index (Phi) is 5.67. The number of hydrogen-bond acceptors (Lipinski definition) is 3. The van der Waals surface area contributed by atoms with Gasteiger partial charge in [-0.3, -0.25) is 14.4 Å². The van der Waals surface area contributed by atoms with Crippen LogP contribution in [-0.2, 0) is 20.9 Å². The number of rotatable bonds is 6. The van der Waals surface area contributed by atoms with Gasteiger partial charge in [-0.05, 0) is 54.8 Å². The van der Waals surface area contributed by atoms with Crippen molar-refractivity contribution in [2.75, 3.05) is 16.8 Å². The Hall–Kier alpha value is -2.67. The number of nitrogens with one attached hydrogen (secondary N) is 2. The third-order valence-corrected chi connectivity index (χ3v) is 5.77. The molecule has 29 heavy (non-hydrogen) atoms. The van der Waals surface area contributed by atoms with Crippen LogP contribution >= 0.6 is 15.9 Å². The van der Waals surface area contributed by atoms with Gasteiger partial charge in [0.1, 0.15) is 0 Å². The monoisotopic (exact) mass is 455 g/mol. The molecule has 0 spiro atoms. The van der Waals surface area contributed by atoms with Crippen LogP contribution in [0.3, 0.4) is 0 Å². The fraction of sp³-hybridized carbons (Fsp3) is 0.318. The summed E-state index contributed by atoms with van der Waals surface area (Å²) in [6, 6.07) is 15.0. The highest BCUT2D eigenvalue weighted by Crippen LogP contribution is 2.30. The zero-order chi connectivity index (χ0) is 20.4. The van der Waals surface area contributed by atoms with Crippen LogP contribution in [0.5, 0.6) is 0 Å². The van der Waals surface area contributed by atoms with Crippen molar-refractivity contribution in [3.05, 3.63) is 58.6 Å². The second-order valence-corrected chi connectivity index (χ2v) is 8.48. The standard InChI is InChI=1S/C22H22BrN3O3/c23-17-6-8-19(9-7-17)26-13-16(11-20(26)27)21(28)24-12-14-2-1-3-18(10-14)25-22(29)15-4-5-15/h1-3,6-10,15-16H,4-5,11-13H2,(H,24,28)(H,25,29)/t16-/m1/s1. The van der Waals surface area contributed by atoms with Crippen LogP contribution in [0.15, 0.2) is 53.0 Å². The summed E-state index contributed by atoms with van der Waals surface area (Å²) >= 11 is 3.38. The minimum absolute atomic E-state index is 0.0442. The van der Waals surface area contributed by atoms with E-state index in [2.05, 4.69) is 26.6 Å². The minimum Gasteiger partial charge on any atom is -0.352 e. The number of halogens is 1. The normalized spacial score (nSPS) is 18.6. The molecular weight excluding hydrogens is 434 g/mol. The van der Waals surface area contributed by atoms with Gasteiger partial charge < -0.3 is 15.5 Å². The van der Waals surface area contributed by atoms with E-state index in [0.717, 1.165) is 34.3 Å². The summed E-state index contributed by atoms with van der Waals surface area (Å²) in [5, 5.41) is 5.83. The zero-order valence-corrected chi connectivity index (χ0v) is 17.4. The van der Waals surface area contributed by atoms with Gasteiger partial charge in [0, 0.05) is 41.3 Å². The Morgan fingerprint density at radius 1 is 1.03 bits per heavy atom. The van der Waals surface area contributed by atoms with Crippen LogP contribution in [0.1, 0.15) is 24.8 Å². The molecule has 0 aromatic heterocycles. The topological polar surface area (TPSA) is 78.5 Å². The Morgan fingerprint density at radius 3 is 2.52 bits per heavy atom. The van der Waals surface area contributed by atoms with Crippen LogP contribution < -0.4 is 15.5 Å². The molecule has 0 radical (unpaired) electrons. The van der Waals surface area contributed by atoms with Gasteiger partial charge in [0.25, 0.3) is 0 Å². The second-order valence-electron chi connectivity index (χ2n) is 7.56. The minimum atomic E-state index is -0.371. The van der Waals surface area contributed by atoms with E-state index >= 15 is 0 Å². The van der Waals surface area contributed by atoms with Crippen molar-refractivity contribution in [1.29, 1.82) is 0 Å². The fourth-order valence-corrected chi connectivity index (χ4v) is 3.70. The van der Waals surface area contributed by atoms with Gasteiger partial charge in [-0.25, -0.2) is 0 Å². The third-order valence-electron chi connectivity index (χ3n) is 5.24. The lowest BCUT2D eigenvalue weighted by molar-refractivity contribution is -0.126. The maximum atomic E-state index is 12.6. The molecule has 0 unspecified atom stereocenters. The highest BCUT2D eigenvalue weighted by Gasteiger charge is 2.35. The Balaban J connectivity index is 1.32. The van der Waals surface area contributed by atoms with Crippen molar-refractivity contribution < 1.29 is 14.4 Å². The summed E-state index contributed by atoms with van der Waals surface area (Å²) in [5.74, 6) is -0.345. The Bertz CT molecular complexity index is 941. The lowest BCUT2D eigenvalue weighted by atomic mass is 10.1. The molecule has 1 heterocycles. The highest BCUT2D eigenvalue weighted by atomic mass is 79.9. The number of carbonyl (C=O) groups is 3. The molecule has 7 heteroatoms. The van der Waals surface area contributed by atoms with E-state index in [0.29, 0.717) is 13.1 Å². The van der Waals surface area contributed by atoms with Crippen LogP contribution in [0.25, 0.3) is 0 Å². The molecule has 6 nitrogen and oxygen atoms in total. The van der Waals surface area contributed by atoms with Crippen molar-refractivity contribution in [2.45, 2.75) is 25.8 Å². The molecule has 0 bridgehead atoms. The molecule has 2 fully saturated rings. The summed E-state index contributed by atoms with van der Waals surface area (Å²) in [5.41, 5.74) is 2.44. The molecule has 1 saturated heterocycles. The van der Waals surface area contributed by atoms with Crippen molar-refractivity contribution in [2.24, 2.45) is 11.8 Å². The summed E-state index contributed by atoms with van der Waals surface area (Å²) in [6.07, 6.45) is 2.12. The zero-order valence-electron chi connectivity index (χ0n) is 15.9. The first-order valence-corrected chi connectivity index (χ1v) is 10.5. The lowest BCUT2D eigenvalue weighted by Crippen LogP contribution is -2.32. The summed E-state index contributed by atoms with van der Waals surface area (Å²) in [6.45, 7) is 0.735. The lowest BCUT2D eigenvalue weighted by Gasteiger charge is -2.17. The van der Waals surface area contributed by atoms with Gasteiger partial charge >= 0.3 is 0 Å². The second kappa shape index (κ2) is 8.37.